The molecule has 6 nitrogen and oxygen atoms in total. The molecule has 0 unspecified atom stereocenters. The lowest BCUT2D eigenvalue weighted by Gasteiger charge is -2.21. The van der Waals surface area contributed by atoms with Crippen molar-refractivity contribution in [2.45, 2.75) is 19.9 Å². The fourth-order valence-corrected chi connectivity index (χ4v) is 2.97. The van der Waals surface area contributed by atoms with Crippen LogP contribution in [0.1, 0.15) is 17.0 Å². The smallest absolute Gasteiger partial charge is 0.177 e. The van der Waals surface area contributed by atoms with Crippen molar-refractivity contribution >= 4 is 16.9 Å². The van der Waals surface area contributed by atoms with Crippen LogP contribution >= 0.6 is 0 Å². The van der Waals surface area contributed by atoms with Gasteiger partial charge in [-0.05, 0) is 26.1 Å². The van der Waals surface area contributed by atoms with E-state index >= 15 is 0 Å². The largest absolute Gasteiger partial charge is 0.383 e. The Morgan fingerprint density at radius 2 is 1.86 bits per heavy atom. The van der Waals surface area contributed by atoms with Crippen molar-refractivity contribution in [2.75, 3.05) is 19.3 Å². The van der Waals surface area contributed by atoms with Crippen LogP contribution in [-0.4, -0.2) is 38.2 Å². The molecule has 0 amide bonds. The molecule has 1 aliphatic rings. The third-order valence-corrected chi connectivity index (χ3v) is 4.19. The van der Waals surface area contributed by atoms with Crippen molar-refractivity contribution in [1.82, 2.24) is 24.6 Å². The molecule has 2 aromatic heterocycles. The maximum Gasteiger partial charge on any atom is 0.177 e. The molecule has 4 rings (SSSR count). The Morgan fingerprint density at radius 1 is 1.14 bits per heavy atom. The van der Waals surface area contributed by atoms with Crippen molar-refractivity contribution in [3.63, 3.8) is 0 Å². The van der Waals surface area contributed by atoms with Crippen molar-refractivity contribution in [2.24, 2.45) is 0 Å². The third kappa shape index (κ3) is 1.95. The lowest BCUT2D eigenvalue weighted by Crippen LogP contribution is -2.26. The molecule has 0 bridgehead atoms. The quantitative estimate of drug-likeness (QED) is 0.739. The highest BCUT2D eigenvalue weighted by atomic mass is 15.4. The minimum absolute atomic E-state index is 0.675. The van der Waals surface area contributed by atoms with E-state index in [1.807, 2.05) is 31.2 Å². The molecule has 0 radical (unpaired) electrons. The second kappa shape index (κ2) is 4.78. The summed E-state index contributed by atoms with van der Waals surface area (Å²) in [6, 6.07) is 7.85. The molecule has 1 aliphatic heterocycles. The lowest BCUT2D eigenvalue weighted by atomic mass is 10.1. The van der Waals surface area contributed by atoms with Gasteiger partial charge in [0.25, 0.3) is 0 Å². The van der Waals surface area contributed by atoms with Crippen molar-refractivity contribution in [1.29, 1.82) is 0 Å². The number of aromatic nitrogens is 4. The van der Waals surface area contributed by atoms with Crippen molar-refractivity contribution in [3.05, 3.63) is 41.2 Å². The summed E-state index contributed by atoms with van der Waals surface area (Å²) in [6.07, 6.45) is 0.920. The van der Waals surface area contributed by atoms with Crippen LogP contribution in [0.4, 0.5) is 5.82 Å². The number of hydrogen-bond acceptors (Lipinski definition) is 5. The van der Waals surface area contributed by atoms with Gasteiger partial charge < -0.3 is 10.6 Å². The number of nitrogens with zero attached hydrogens (tertiary/aromatic N) is 5. The van der Waals surface area contributed by atoms with E-state index in [-0.39, 0.29) is 0 Å². The normalized spacial score (nSPS) is 15.2. The number of likely N-dealkylation sites (N-methyl/N-ethyl adjacent to an activating group) is 1. The molecule has 0 saturated heterocycles. The van der Waals surface area contributed by atoms with E-state index in [0.29, 0.717) is 11.6 Å². The first kappa shape index (κ1) is 13.2. The van der Waals surface area contributed by atoms with Crippen LogP contribution in [0.3, 0.4) is 0 Å². The van der Waals surface area contributed by atoms with Gasteiger partial charge in [-0.2, -0.15) is 9.78 Å². The highest BCUT2D eigenvalue weighted by molar-refractivity contribution is 5.75. The van der Waals surface area contributed by atoms with Crippen molar-refractivity contribution in [3.8, 4) is 5.82 Å². The highest BCUT2D eigenvalue weighted by Gasteiger charge is 2.23. The maximum atomic E-state index is 6.34. The summed E-state index contributed by atoms with van der Waals surface area (Å²) in [7, 11) is 2.10. The monoisotopic (exact) mass is 294 g/mol. The zero-order chi connectivity index (χ0) is 15.3. The van der Waals surface area contributed by atoms with Crippen LogP contribution < -0.4 is 5.73 Å². The number of aryl methyl sites for hydroxylation is 1. The Kier molecular flexibility index (Phi) is 2.87. The van der Waals surface area contributed by atoms with Crippen LogP contribution in [-0.2, 0) is 13.0 Å². The Balaban J connectivity index is 1.90. The van der Waals surface area contributed by atoms with Gasteiger partial charge in [-0.1, -0.05) is 12.1 Å². The van der Waals surface area contributed by atoms with Gasteiger partial charge in [-0.25, -0.2) is 9.97 Å². The average Bonchev–Trinajstić information content (AvgIpc) is 2.83. The van der Waals surface area contributed by atoms with E-state index in [1.54, 1.807) is 4.68 Å². The van der Waals surface area contributed by atoms with Gasteiger partial charge in [0.05, 0.1) is 22.4 Å². The Morgan fingerprint density at radius 3 is 2.64 bits per heavy atom. The van der Waals surface area contributed by atoms with Crippen LogP contribution in [0, 0.1) is 6.92 Å². The van der Waals surface area contributed by atoms with Gasteiger partial charge in [0.1, 0.15) is 5.82 Å². The molecule has 1 aromatic carbocycles. The molecular weight excluding hydrogens is 276 g/mol. The maximum absolute atomic E-state index is 6.34. The number of rotatable bonds is 1. The lowest BCUT2D eigenvalue weighted by molar-refractivity contribution is 0.312. The first-order valence-electron chi connectivity index (χ1n) is 7.42. The van der Waals surface area contributed by atoms with Crippen LogP contribution in [0.5, 0.6) is 0 Å². The second-order valence-electron chi connectivity index (χ2n) is 5.83. The number of fused-ring (bicyclic) bond motifs is 2. The van der Waals surface area contributed by atoms with E-state index in [9.17, 15) is 0 Å². The number of para-hydroxylation sites is 2. The Hall–Kier alpha value is -2.47. The first-order chi connectivity index (χ1) is 10.6. The SMILES string of the molecule is Cc1nc2ccccc2nc1-n1nc2c(c1N)CN(C)CC2. The second-order valence-corrected chi connectivity index (χ2v) is 5.83. The highest BCUT2D eigenvalue weighted by Crippen LogP contribution is 2.26. The van der Waals surface area contributed by atoms with Gasteiger partial charge >= 0.3 is 0 Å². The molecule has 3 aromatic rings. The van der Waals surface area contributed by atoms with Crippen LogP contribution in [0.25, 0.3) is 16.9 Å². The number of nitrogen functional groups attached to an aromatic ring is 1. The standard InChI is InChI=1S/C16H18N6/c1-10-16(19-14-6-4-3-5-13(14)18-10)22-15(17)11-9-21(2)8-7-12(11)20-22/h3-6H,7-9,17H2,1-2H3. The summed E-state index contributed by atoms with van der Waals surface area (Å²) in [4.78, 5) is 11.6. The van der Waals surface area contributed by atoms with E-state index in [4.69, 9.17) is 10.7 Å². The predicted octanol–water partition coefficient (Wildman–Crippen LogP) is 1.69. The van der Waals surface area contributed by atoms with Gasteiger partial charge in [0.2, 0.25) is 0 Å². The molecule has 0 fully saturated rings. The number of benzene rings is 1. The van der Waals surface area contributed by atoms with Gasteiger partial charge in [-0.3, -0.25) is 0 Å². The van der Waals surface area contributed by atoms with E-state index in [2.05, 4.69) is 22.0 Å². The first-order valence-corrected chi connectivity index (χ1v) is 7.42. The Bertz CT molecular complexity index is 866. The molecule has 0 aliphatic carbocycles. The predicted molar refractivity (Wildman–Crippen MR) is 85.8 cm³/mol. The topological polar surface area (TPSA) is 72.9 Å². The average molecular weight is 294 g/mol. The minimum Gasteiger partial charge on any atom is -0.383 e. The number of hydrogen-bond donors (Lipinski definition) is 1. The van der Waals surface area contributed by atoms with Gasteiger partial charge in [-0.15, -0.1) is 0 Å². The van der Waals surface area contributed by atoms with E-state index in [1.165, 1.54) is 0 Å². The minimum atomic E-state index is 0.675. The molecule has 112 valence electrons. The molecule has 22 heavy (non-hydrogen) atoms. The molecule has 0 atom stereocenters. The molecule has 2 N–H and O–H groups in total. The van der Waals surface area contributed by atoms with Crippen LogP contribution in [0.15, 0.2) is 24.3 Å². The van der Waals surface area contributed by atoms with Crippen molar-refractivity contribution < 1.29 is 0 Å². The summed E-state index contributed by atoms with van der Waals surface area (Å²) in [5.41, 5.74) is 11.1. The van der Waals surface area contributed by atoms with Gasteiger partial charge in [0.15, 0.2) is 5.82 Å². The molecule has 0 spiro atoms. The summed E-state index contributed by atoms with van der Waals surface area (Å²) in [5.74, 6) is 1.39. The van der Waals surface area contributed by atoms with Gasteiger partial charge in [0, 0.05) is 25.1 Å². The van der Waals surface area contributed by atoms with Crippen LogP contribution in [0.2, 0.25) is 0 Å². The summed E-state index contributed by atoms with van der Waals surface area (Å²) >= 11 is 0. The van der Waals surface area contributed by atoms with E-state index < -0.39 is 0 Å². The number of nitrogens with two attached hydrogens (primary N) is 1. The number of anilines is 1. The summed E-state index contributed by atoms with van der Waals surface area (Å²) < 4.78 is 1.75. The molecule has 0 saturated carbocycles. The zero-order valence-electron chi connectivity index (χ0n) is 12.7. The fourth-order valence-electron chi connectivity index (χ4n) is 2.97. The third-order valence-electron chi connectivity index (χ3n) is 4.19. The molecule has 3 heterocycles. The fraction of sp³-hybridized carbons (Fsp3) is 0.312. The summed E-state index contributed by atoms with van der Waals surface area (Å²) in [5, 5.41) is 4.69. The molecular formula is C16H18N6. The summed E-state index contributed by atoms with van der Waals surface area (Å²) in [6.45, 7) is 3.79. The van der Waals surface area contributed by atoms with E-state index in [0.717, 1.165) is 47.5 Å². The molecule has 6 heteroatoms. The zero-order valence-corrected chi connectivity index (χ0v) is 12.7. The Labute approximate surface area is 128 Å².